The number of hydrogen-bond donors (Lipinski definition) is 1. The first-order valence-corrected chi connectivity index (χ1v) is 13.1. The molecule has 0 saturated heterocycles. The van der Waals surface area contributed by atoms with E-state index in [1.165, 1.54) is 0 Å². The quantitative estimate of drug-likeness (QED) is 0.216. The largest absolute Gasteiger partial charge is 0.433 e. The van der Waals surface area contributed by atoms with Gasteiger partial charge < -0.3 is 5.32 Å². The molecule has 0 radical (unpaired) electrons. The lowest BCUT2D eigenvalue weighted by Gasteiger charge is -2.13. The lowest BCUT2D eigenvalue weighted by atomic mass is 10.0. The van der Waals surface area contributed by atoms with Crippen LogP contribution < -0.4 is 5.32 Å². The number of nitrogens with one attached hydrogen (secondary N) is 1. The summed E-state index contributed by atoms with van der Waals surface area (Å²) in [7, 11) is 0. The second kappa shape index (κ2) is 10.1. The van der Waals surface area contributed by atoms with Gasteiger partial charge in [-0.05, 0) is 44.4 Å². The van der Waals surface area contributed by atoms with Crippen molar-refractivity contribution in [2.75, 3.05) is 5.32 Å². The van der Waals surface area contributed by atoms with Crippen molar-refractivity contribution < 1.29 is 18.0 Å². The molecule has 6 aromatic rings. The molecule has 0 bridgehead atoms. The summed E-state index contributed by atoms with van der Waals surface area (Å²) in [5, 5.41) is 13.0. The summed E-state index contributed by atoms with van der Waals surface area (Å²) < 4.78 is 45.1. The maximum atomic E-state index is 14.1. The zero-order valence-corrected chi connectivity index (χ0v) is 22.7. The fourth-order valence-corrected chi connectivity index (χ4v) is 5.06. The number of fused-ring (bicyclic) bond motifs is 2. The monoisotopic (exact) mass is 624 g/mol. The molecular weight excluding hydrogens is 609 g/mol. The number of alkyl halides is 3. The van der Waals surface area contributed by atoms with Crippen molar-refractivity contribution in [2.24, 2.45) is 0 Å². The van der Waals surface area contributed by atoms with Crippen LogP contribution in [0.25, 0.3) is 27.7 Å². The molecule has 0 aliphatic heterocycles. The molecule has 1 amide bonds. The Bertz CT molecular complexity index is 1910. The van der Waals surface area contributed by atoms with Gasteiger partial charge in [-0.25, -0.2) is 9.50 Å². The number of amides is 1. The van der Waals surface area contributed by atoms with Crippen LogP contribution in [0.2, 0.25) is 5.02 Å². The first-order valence-electron chi connectivity index (χ1n) is 11.9. The Labute approximate surface area is 238 Å². The molecule has 1 N–H and O–H groups in total. The molecule has 12 heteroatoms. The molecule has 0 aliphatic carbocycles. The van der Waals surface area contributed by atoms with Crippen molar-refractivity contribution >= 4 is 55.7 Å². The molecule has 3 aromatic carbocycles. The SMILES string of the molecule is O=C(Nc1nn(Cc2ccccc2Cl)cc1Br)c1cnn2c(C(F)(F)F)cc(-c3cccc4ccccc34)nc12. The van der Waals surface area contributed by atoms with Crippen molar-refractivity contribution in [3.05, 3.63) is 112 Å². The Balaban J connectivity index is 1.40. The van der Waals surface area contributed by atoms with E-state index in [0.717, 1.165) is 28.6 Å². The van der Waals surface area contributed by atoms with Gasteiger partial charge in [-0.3, -0.25) is 9.48 Å². The van der Waals surface area contributed by atoms with Crippen LogP contribution in [-0.4, -0.2) is 30.3 Å². The van der Waals surface area contributed by atoms with Crippen LogP contribution in [0.4, 0.5) is 19.0 Å². The van der Waals surface area contributed by atoms with Crippen molar-refractivity contribution in [3.63, 3.8) is 0 Å². The predicted octanol–water partition coefficient (Wildman–Crippen LogP) is 7.48. The summed E-state index contributed by atoms with van der Waals surface area (Å²) in [6.45, 7) is 0.343. The number of anilines is 1. The number of hydrogen-bond acceptors (Lipinski definition) is 4. The third-order valence-electron chi connectivity index (χ3n) is 6.31. The van der Waals surface area contributed by atoms with E-state index in [1.807, 2.05) is 42.5 Å². The van der Waals surface area contributed by atoms with Gasteiger partial charge in [-0.1, -0.05) is 72.3 Å². The molecule has 0 aliphatic rings. The van der Waals surface area contributed by atoms with Gasteiger partial charge in [-0.15, -0.1) is 0 Å². The molecule has 0 atom stereocenters. The molecule has 3 aromatic heterocycles. The van der Waals surface area contributed by atoms with Crippen LogP contribution in [0.5, 0.6) is 0 Å². The summed E-state index contributed by atoms with van der Waals surface area (Å²) in [5.41, 5.74) is -0.0349. The summed E-state index contributed by atoms with van der Waals surface area (Å²) in [6.07, 6.45) is -2.02. The average molecular weight is 626 g/mol. The van der Waals surface area contributed by atoms with Crippen LogP contribution in [-0.2, 0) is 12.7 Å². The van der Waals surface area contributed by atoms with Crippen LogP contribution >= 0.6 is 27.5 Å². The van der Waals surface area contributed by atoms with Gasteiger partial charge in [0.05, 0.1) is 22.9 Å². The van der Waals surface area contributed by atoms with Gasteiger partial charge in [0, 0.05) is 16.8 Å². The Morgan fingerprint density at radius 2 is 1.77 bits per heavy atom. The highest BCUT2D eigenvalue weighted by molar-refractivity contribution is 9.10. The minimum Gasteiger partial charge on any atom is -0.304 e. The predicted molar refractivity (Wildman–Crippen MR) is 149 cm³/mol. The highest BCUT2D eigenvalue weighted by Crippen LogP contribution is 2.35. The highest BCUT2D eigenvalue weighted by atomic mass is 79.9. The van der Waals surface area contributed by atoms with Crippen LogP contribution in [0, 0.1) is 0 Å². The maximum absolute atomic E-state index is 14.1. The number of halogens is 5. The molecule has 40 heavy (non-hydrogen) atoms. The third kappa shape index (κ3) is 4.82. The number of carbonyl (C=O) groups is 1. The smallest absolute Gasteiger partial charge is 0.304 e. The van der Waals surface area contributed by atoms with Gasteiger partial charge in [0.2, 0.25) is 0 Å². The van der Waals surface area contributed by atoms with Crippen LogP contribution in [0.1, 0.15) is 21.6 Å². The van der Waals surface area contributed by atoms with Crippen molar-refractivity contribution in [2.45, 2.75) is 12.7 Å². The molecule has 0 unspecified atom stereocenters. The zero-order valence-electron chi connectivity index (χ0n) is 20.3. The van der Waals surface area contributed by atoms with Crippen molar-refractivity contribution in [3.8, 4) is 11.3 Å². The van der Waals surface area contributed by atoms with E-state index >= 15 is 0 Å². The Kier molecular flexibility index (Phi) is 6.55. The van der Waals surface area contributed by atoms with E-state index in [0.29, 0.717) is 26.1 Å². The molecule has 0 spiro atoms. The molecule has 0 fully saturated rings. The second-order valence-corrected chi connectivity index (χ2v) is 10.2. The molecule has 6 rings (SSSR count). The average Bonchev–Trinajstić information content (AvgIpc) is 3.51. The van der Waals surface area contributed by atoms with Crippen LogP contribution in [0.15, 0.2) is 89.7 Å². The van der Waals surface area contributed by atoms with Crippen molar-refractivity contribution in [1.29, 1.82) is 0 Å². The Morgan fingerprint density at radius 3 is 2.58 bits per heavy atom. The van der Waals surface area contributed by atoms with E-state index < -0.39 is 17.8 Å². The lowest BCUT2D eigenvalue weighted by molar-refractivity contribution is -0.142. The minimum atomic E-state index is -4.75. The van der Waals surface area contributed by atoms with Gasteiger partial charge in [-0.2, -0.15) is 23.4 Å². The van der Waals surface area contributed by atoms with Crippen molar-refractivity contribution in [1.82, 2.24) is 24.4 Å². The number of rotatable bonds is 5. The highest BCUT2D eigenvalue weighted by Gasteiger charge is 2.36. The number of aromatic nitrogens is 5. The molecule has 200 valence electrons. The first-order chi connectivity index (χ1) is 19.2. The Morgan fingerprint density at radius 1 is 1.02 bits per heavy atom. The summed E-state index contributed by atoms with van der Waals surface area (Å²) in [5.74, 6) is -0.535. The second-order valence-electron chi connectivity index (χ2n) is 8.91. The molecule has 7 nitrogen and oxygen atoms in total. The third-order valence-corrected chi connectivity index (χ3v) is 7.26. The number of benzene rings is 3. The van der Waals surface area contributed by atoms with Gasteiger partial charge >= 0.3 is 6.18 Å². The first kappa shape index (κ1) is 26.0. The summed E-state index contributed by atoms with van der Waals surface area (Å²) >= 11 is 9.62. The summed E-state index contributed by atoms with van der Waals surface area (Å²) in [6, 6.07) is 20.8. The fraction of sp³-hybridized carbons (Fsp3) is 0.0714. The summed E-state index contributed by atoms with van der Waals surface area (Å²) in [4.78, 5) is 17.8. The van der Waals surface area contributed by atoms with E-state index in [9.17, 15) is 18.0 Å². The van der Waals surface area contributed by atoms with E-state index in [1.54, 1.807) is 35.1 Å². The minimum absolute atomic E-state index is 0.0661. The molecule has 3 heterocycles. The standard InChI is InChI=1S/C28H17BrClF3N6O/c29-21-15-38(14-17-7-2-4-11-22(17)30)37-25(21)36-27(40)20-13-34-39-24(28(31,32)33)12-23(35-26(20)39)19-10-5-8-16-6-1-3-9-18(16)19/h1-13,15H,14H2,(H,36,37,40). The molecular formula is C28H17BrClF3N6O. The Hall–Kier alpha value is -4.22. The topological polar surface area (TPSA) is 77.1 Å². The van der Waals surface area contributed by atoms with Gasteiger partial charge in [0.1, 0.15) is 5.56 Å². The normalized spacial score (nSPS) is 11.8. The number of nitrogens with zero attached hydrogens (tertiary/aromatic N) is 5. The van der Waals surface area contributed by atoms with Gasteiger partial charge in [0.15, 0.2) is 17.2 Å². The van der Waals surface area contributed by atoms with E-state index in [-0.39, 0.29) is 22.7 Å². The maximum Gasteiger partial charge on any atom is 0.433 e. The van der Waals surface area contributed by atoms with Gasteiger partial charge in [0.25, 0.3) is 5.91 Å². The molecule has 0 saturated carbocycles. The lowest BCUT2D eigenvalue weighted by Crippen LogP contribution is -2.16. The van der Waals surface area contributed by atoms with E-state index in [4.69, 9.17) is 11.6 Å². The zero-order chi connectivity index (χ0) is 28.0. The van der Waals surface area contributed by atoms with E-state index in [2.05, 4.69) is 36.4 Å². The number of carbonyl (C=O) groups excluding carboxylic acids is 1. The van der Waals surface area contributed by atoms with Crippen LogP contribution in [0.3, 0.4) is 0 Å². The fourth-order valence-electron chi connectivity index (χ4n) is 4.45.